The van der Waals surface area contributed by atoms with E-state index in [0.717, 1.165) is 88.4 Å². The van der Waals surface area contributed by atoms with Gasteiger partial charge in [0.2, 0.25) is 5.71 Å². The minimum absolute atomic E-state index is 0.543. The molecular formula is C92H54N6OS3. The molecule has 7 nitrogen and oxygen atoms in total. The molecule has 0 unspecified atom stereocenters. The van der Waals surface area contributed by atoms with Crippen molar-refractivity contribution in [2.75, 3.05) is 0 Å². The molecule has 476 valence electrons. The summed E-state index contributed by atoms with van der Waals surface area (Å²) in [5.74, 6) is 0. The summed E-state index contributed by atoms with van der Waals surface area (Å²) in [6.45, 7) is 0. The van der Waals surface area contributed by atoms with E-state index < -0.39 is 0 Å². The molecule has 8 heterocycles. The number of nitrogens with zero attached hydrogens (tertiary/aromatic N) is 6. The number of hydrogen-bond acceptors (Lipinski definition) is 8. The van der Waals surface area contributed by atoms with Crippen LogP contribution in [0.1, 0.15) is 0 Å². The monoisotopic (exact) mass is 1350 g/mol. The fraction of sp³-hybridized carbons (Fsp3) is 0. The van der Waals surface area contributed by atoms with Crippen molar-refractivity contribution in [3.05, 3.63) is 328 Å². The Balaban J connectivity index is 0.000000133. The van der Waals surface area contributed by atoms with E-state index in [0.29, 0.717) is 5.71 Å². The van der Waals surface area contributed by atoms with E-state index in [1.165, 1.54) is 111 Å². The fourth-order valence-corrected chi connectivity index (χ4v) is 18.9. The number of hydrogen-bond donors (Lipinski definition) is 0. The molecule has 8 aromatic heterocycles. The Kier molecular flexibility index (Phi) is 13.4. The molecule has 0 fully saturated rings. The number of aromatic nitrogens is 6. The van der Waals surface area contributed by atoms with E-state index in [2.05, 4.69) is 319 Å². The lowest BCUT2D eigenvalue weighted by molar-refractivity contribution is 0.653. The van der Waals surface area contributed by atoms with Crippen LogP contribution in [0.2, 0.25) is 0 Å². The molecule has 0 bridgehead atoms. The summed E-state index contributed by atoms with van der Waals surface area (Å²) in [6.07, 6.45) is 3.80. The fourth-order valence-electron chi connectivity index (χ4n) is 15.4. The summed E-state index contributed by atoms with van der Waals surface area (Å²) >= 11 is 5.41. The topological polar surface area (TPSA) is 74.6 Å². The minimum atomic E-state index is 0.543. The van der Waals surface area contributed by atoms with E-state index in [-0.39, 0.29) is 0 Å². The second-order valence-electron chi connectivity index (χ2n) is 26.0. The van der Waals surface area contributed by atoms with Crippen LogP contribution in [0.15, 0.2) is 332 Å². The zero-order valence-electron chi connectivity index (χ0n) is 54.5. The van der Waals surface area contributed by atoms with Crippen LogP contribution >= 0.6 is 34.0 Å². The van der Waals surface area contributed by atoms with Crippen LogP contribution in [0.25, 0.3) is 205 Å². The summed E-state index contributed by atoms with van der Waals surface area (Å²) in [6, 6.07) is 113. The van der Waals surface area contributed by atoms with E-state index in [1.54, 1.807) is 11.3 Å². The lowest BCUT2D eigenvalue weighted by Crippen LogP contribution is -1.95. The molecule has 0 atom stereocenters. The highest BCUT2D eigenvalue weighted by Crippen LogP contribution is 2.45. The van der Waals surface area contributed by atoms with E-state index in [1.807, 2.05) is 41.1 Å². The van der Waals surface area contributed by atoms with Crippen molar-refractivity contribution in [1.82, 2.24) is 29.1 Å². The molecule has 22 rings (SSSR count). The first-order valence-corrected chi connectivity index (χ1v) is 36.6. The van der Waals surface area contributed by atoms with Crippen molar-refractivity contribution >= 4 is 161 Å². The van der Waals surface area contributed by atoms with Crippen molar-refractivity contribution < 1.29 is 4.42 Å². The smallest absolute Gasteiger partial charge is 0.246 e. The number of thiophene rings is 3. The molecular weight excluding hydrogens is 1300 g/mol. The summed E-state index contributed by atoms with van der Waals surface area (Å²) in [4.78, 5) is 21.1. The largest absolute Gasteiger partial charge is 0.436 e. The highest BCUT2D eigenvalue weighted by atomic mass is 32.1. The summed E-state index contributed by atoms with van der Waals surface area (Å²) in [7, 11) is 0. The number of benzene rings is 14. The van der Waals surface area contributed by atoms with Gasteiger partial charge in [-0.1, -0.05) is 218 Å². The van der Waals surface area contributed by atoms with Crippen LogP contribution in [0.4, 0.5) is 0 Å². The van der Waals surface area contributed by atoms with Crippen LogP contribution in [-0.4, -0.2) is 29.1 Å². The normalized spacial score (nSPS) is 11.9. The maximum atomic E-state index is 6.31. The van der Waals surface area contributed by atoms with Gasteiger partial charge in [0.25, 0.3) is 0 Å². The van der Waals surface area contributed by atoms with Gasteiger partial charge in [0.05, 0.1) is 45.8 Å². The number of furan rings is 1. The predicted octanol–water partition coefficient (Wildman–Crippen LogP) is 26.2. The molecule has 14 aromatic carbocycles. The molecule has 0 radical (unpaired) electrons. The molecule has 0 N–H and O–H groups in total. The highest BCUT2D eigenvalue weighted by molar-refractivity contribution is 7.27. The van der Waals surface area contributed by atoms with Gasteiger partial charge in [0.1, 0.15) is 21.4 Å². The number of fused-ring (bicyclic) bond motifs is 18. The van der Waals surface area contributed by atoms with Crippen LogP contribution in [0.5, 0.6) is 0 Å². The molecule has 0 aliphatic heterocycles. The third kappa shape index (κ3) is 9.52. The van der Waals surface area contributed by atoms with E-state index in [9.17, 15) is 0 Å². The molecule has 22 aromatic rings. The Bertz CT molecular complexity index is 7080. The average molecular weight is 1360 g/mol. The molecule has 0 saturated carbocycles. The zero-order chi connectivity index (χ0) is 66.9. The van der Waals surface area contributed by atoms with Gasteiger partial charge < -0.3 is 13.6 Å². The molecule has 0 saturated heterocycles. The number of para-hydroxylation sites is 4. The van der Waals surface area contributed by atoms with E-state index in [4.69, 9.17) is 24.4 Å². The Hall–Kier alpha value is -12.7. The first-order chi connectivity index (χ1) is 50.5. The Labute approximate surface area is 596 Å². The van der Waals surface area contributed by atoms with Crippen molar-refractivity contribution in [3.63, 3.8) is 0 Å². The zero-order valence-corrected chi connectivity index (χ0v) is 56.9. The van der Waals surface area contributed by atoms with Gasteiger partial charge in [0, 0.05) is 99.9 Å². The Morgan fingerprint density at radius 2 is 0.667 bits per heavy atom. The second kappa shape index (κ2) is 23.5. The average Bonchev–Trinajstić information content (AvgIpc) is 1.73. The first kappa shape index (κ1) is 58.3. The number of rotatable bonds is 8. The maximum absolute atomic E-state index is 6.31. The molecule has 10 heteroatoms. The molecule has 0 spiro atoms. The molecule has 102 heavy (non-hydrogen) atoms. The van der Waals surface area contributed by atoms with Gasteiger partial charge in [-0.3, -0.25) is 4.98 Å². The van der Waals surface area contributed by atoms with Crippen molar-refractivity contribution in [1.29, 1.82) is 0 Å². The van der Waals surface area contributed by atoms with Gasteiger partial charge >= 0.3 is 0 Å². The van der Waals surface area contributed by atoms with Crippen LogP contribution in [0.3, 0.4) is 0 Å². The third-order valence-electron chi connectivity index (χ3n) is 20.1. The van der Waals surface area contributed by atoms with E-state index >= 15 is 0 Å². The van der Waals surface area contributed by atoms with Crippen molar-refractivity contribution in [3.8, 4) is 78.4 Å². The summed E-state index contributed by atoms with van der Waals surface area (Å²) in [5.41, 5.74) is 23.3. The standard InChI is InChI=1S/C46H28N4S.C46H26N2OS2/c1-5-19-40-34(15-1)35-16-2-6-20-41(35)49(40)32-13-9-11-29(25-32)30-23-24-44-38(27-30)45-46(51-44)48-39(28-47-45)31-12-10-14-33(26-31)50-42-21-7-3-17-36(42)37-18-4-8-22-43(37)50;1-3-19-41-34(13-1)36-17-7-15-32(44(36)50-41)29-10-5-9-27(23-29)28-21-22-40-38(25-28)43-46(49-40)48-39(26-47-43)31-12-6-11-30(24-31)33-16-8-18-37-35-14-2-4-20-42(35)51-45(33)37/h1-28H;1-26H. The molecule has 0 aliphatic carbocycles. The molecule has 0 aliphatic rings. The first-order valence-electron chi connectivity index (χ1n) is 34.1. The van der Waals surface area contributed by atoms with Gasteiger partial charge in [-0.05, 0) is 142 Å². The van der Waals surface area contributed by atoms with Crippen LogP contribution < -0.4 is 0 Å². The molecule has 0 amide bonds. The minimum Gasteiger partial charge on any atom is -0.436 e. The SMILES string of the molecule is c1cc(-c2ccc3oc4nc(-c5cccc(-c6cccc7c6sc6ccccc67)c5)cnc4c3c2)cc(-c2cccc3c2sc2ccccc23)c1.c1cc(-c2ccc3sc4nc(-c5cccc(-n6c7ccccc7c7ccccc76)c5)cnc4c3c2)cc(-n2c3ccccc3c3ccccc32)c1. The lowest BCUT2D eigenvalue weighted by Gasteiger charge is -2.10. The van der Waals surface area contributed by atoms with Gasteiger partial charge in [-0.15, -0.1) is 34.0 Å². The quantitative estimate of drug-likeness (QED) is 0.152. The summed E-state index contributed by atoms with van der Waals surface area (Å²) in [5, 5.41) is 12.3. The van der Waals surface area contributed by atoms with Crippen LogP contribution in [0, 0.1) is 0 Å². The van der Waals surface area contributed by atoms with Gasteiger partial charge in [-0.25, -0.2) is 15.0 Å². The summed E-state index contributed by atoms with van der Waals surface area (Å²) < 4.78 is 17.4. The predicted molar refractivity (Wildman–Crippen MR) is 431 cm³/mol. The Morgan fingerprint density at radius 3 is 1.25 bits per heavy atom. The highest BCUT2D eigenvalue weighted by Gasteiger charge is 2.20. The lowest BCUT2D eigenvalue weighted by atomic mass is 9.97. The maximum Gasteiger partial charge on any atom is 0.246 e. The van der Waals surface area contributed by atoms with Crippen molar-refractivity contribution in [2.24, 2.45) is 0 Å². The van der Waals surface area contributed by atoms with Gasteiger partial charge in [0.15, 0.2) is 0 Å². The third-order valence-corrected chi connectivity index (χ3v) is 23.6. The Morgan fingerprint density at radius 1 is 0.265 bits per heavy atom. The van der Waals surface area contributed by atoms with Gasteiger partial charge in [-0.2, -0.15) is 0 Å². The van der Waals surface area contributed by atoms with Crippen LogP contribution in [-0.2, 0) is 0 Å². The second-order valence-corrected chi connectivity index (χ2v) is 29.1. The van der Waals surface area contributed by atoms with Crippen molar-refractivity contribution in [2.45, 2.75) is 0 Å².